The Morgan fingerprint density at radius 1 is 1.47 bits per heavy atom. The van der Waals surface area contributed by atoms with E-state index in [0.29, 0.717) is 13.2 Å². The molecule has 0 aliphatic heterocycles. The van der Waals surface area contributed by atoms with Crippen molar-refractivity contribution in [3.63, 3.8) is 0 Å². The van der Waals surface area contributed by atoms with Crippen LogP contribution in [0, 0.1) is 5.92 Å². The summed E-state index contributed by atoms with van der Waals surface area (Å²) in [5.74, 6) is 0.976. The molecule has 1 atom stereocenters. The van der Waals surface area contributed by atoms with Gasteiger partial charge in [0.05, 0.1) is 12.6 Å². The molecule has 1 aliphatic rings. The predicted octanol–water partition coefficient (Wildman–Crippen LogP) is 0.527. The van der Waals surface area contributed by atoms with Gasteiger partial charge in [0.25, 0.3) is 0 Å². The molecule has 0 aromatic heterocycles. The van der Waals surface area contributed by atoms with Gasteiger partial charge in [0.2, 0.25) is 5.91 Å². The van der Waals surface area contributed by atoms with Crippen LogP contribution in [0.1, 0.15) is 26.2 Å². The summed E-state index contributed by atoms with van der Waals surface area (Å²) < 4.78 is 4.86. The van der Waals surface area contributed by atoms with Gasteiger partial charge >= 0.3 is 0 Å². The van der Waals surface area contributed by atoms with E-state index in [1.54, 1.807) is 7.11 Å². The number of amides is 1. The third kappa shape index (κ3) is 5.74. The Hall–Kier alpha value is -0.610. The molecule has 2 N–H and O–H groups in total. The van der Waals surface area contributed by atoms with Crippen LogP contribution in [0.2, 0.25) is 0 Å². The average molecular weight is 214 g/mol. The number of carbonyl (C=O) groups is 1. The molecule has 0 heterocycles. The Morgan fingerprint density at radius 3 is 2.80 bits per heavy atom. The van der Waals surface area contributed by atoms with Crippen molar-refractivity contribution in [3.05, 3.63) is 0 Å². The van der Waals surface area contributed by atoms with Crippen LogP contribution in [0.15, 0.2) is 0 Å². The maximum absolute atomic E-state index is 11.5. The summed E-state index contributed by atoms with van der Waals surface area (Å²) in [6, 6.07) is -0.0967. The summed E-state index contributed by atoms with van der Waals surface area (Å²) >= 11 is 0. The highest BCUT2D eigenvalue weighted by molar-refractivity contribution is 5.81. The maximum Gasteiger partial charge on any atom is 0.236 e. The van der Waals surface area contributed by atoms with Crippen LogP contribution in [0.5, 0.6) is 0 Å². The number of hydrogen-bond donors (Lipinski definition) is 2. The van der Waals surface area contributed by atoms with Crippen molar-refractivity contribution in [3.8, 4) is 0 Å². The number of nitrogens with one attached hydrogen (secondary N) is 2. The lowest BCUT2D eigenvalue weighted by atomic mass is 10.2. The third-order valence-electron chi connectivity index (χ3n) is 2.70. The van der Waals surface area contributed by atoms with E-state index < -0.39 is 0 Å². The summed E-state index contributed by atoms with van der Waals surface area (Å²) in [7, 11) is 1.63. The van der Waals surface area contributed by atoms with E-state index in [9.17, 15) is 4.79 Å². The first-order chi connectivity index (χ1) is 7.24. The standard InChI is InChI=1S/C11H22N2O2/c1-9(11(14)13-7-8-15-2)12-6-5-10-3-4-10/h9-10,12H,3-8H2,1-2H3,(H,13,14). The number of ether oxygens (including phenoxy) is 1. The number of methoxy groups -OCH3 is 1. The van der Waals surface area contributed by atoms with Crippen LogP contribution >= 0.6 is 0 Å². The third-order valence-corrected chi connectivity index (χ3v) is 2.70. The highest BCUT2D eigenvalue weighted by Crippen LogP contribution is 2.31. The second-order valence-electron chi connectivity index (χ2n) is 4.19. The van der Waals surface area contributed by atoms with E-state index in [2.05, 4.69) is 10.6 Å². The number of rotatable bonds is 8. The van der Waals surface area contributed by atoms with Crippen molar-refractivity contribution < 1.29 is 9.53 Å². The molecule has 0 saturated heterocycles. The first kappa shape index (κ1) is 12.5. The Labute approximate surface area is 91.8 Å². The normalized spacial score (nSPS) is 17.5. The first-order valence-corrected chi connectivity index (χ1v) is 5.74. The van der Waals surface area contributed by atoms with Gasteiger partial charge in [0, 0.05) is 13.7 Å². The Kier molecular flexibility index (Phi) is 5.65. The zero-order valence-corrected chi connectivity index (χ0v) is 9.71. The number of carbonyl (C=O) groups excluding carboxylic acids is 1. The minimum atomic E-state index is -0.0967. The van der Waals surface area contributed by atoms with Gasteiger partial charge in [-0.3, -0.25) is 4.79 Å². The molecule has 15 heavy (non-hydrogen) atoms. The quantitative estimate of drug-likeness (QED) is 0.579. The molecule has 0 aromatic carbocycles. The lowest BCUT2D eigenvalue weighted by Gasteiger charge is -2.13. The lowest BCUT2D eigenvalue weighted by molar-refractivity contribution is -0.122. The summed E-state index contributed by atoms with van der Waals surface area (Å²) in [5.41, 5.74) is 0. The molecule has 4 heteroatoms. The molecule has 0 spiro atoms. The summed E-state index contributed by atoms with van der Waals surface area (Å²) in [5, 5.41) is 6.04. The molecule has 1 aliphatic carbocycles. The smallest absolute Gasteiger partial charge is 0.236 e. The van der Waals surface area contributed by atoms with Gasteiger partial charge in [-0.05, 0) is 25.8 Å². The molecule has 4 nitrogen and oxygen atoms in total. The van der Waals surface area contributed by atoms with Crippen molar-refractivity contribution in [2.24, 2.45) is 5.92 Å². The fourth-order valence-electron chi connectivity index (χ4n) is 1.43. The van der Waals surface area contributed by atoms with Gasteiger partial charge in [-0.2, -0.15) is 0 Å². The van der Waals surface area contributed by atoms with E-state index in [1.165, 1.54) is 19.3 Å². The fraction of sp³-hybridized carbons (Fsp3) is 0.909. The maximum atomic E-state index is 11.5. The zero-order chi connectivity index (χ0) is 11.1. The van der Waals surface area contributed by atoms with E-state index in [4.69, 9.17) is 4.74 Å². The summed E-state index contributed by atoms with van der Waals surface area (Å²) in [4.78, 5) is 11.5. The van der Waals surface area contributed by atoms with Crippen LogP contribution in [-0.2, 0) is 9.53 Å². The predicted molar refractivity (Wildman–Crippen MR) is 59.7 cm³/mol. The molecule has 0 bridgehead atoms. The molecule has 1 fully saturated rings. The highest BCUT2D eigenvalue weighted by Gasteiger charge is 2.21. The minimum Gasteiger partial charge on any atom is -0.383 e. The molecular formula is C11H22N2O2. The minimum absolute atomic E-state index is 0.0582. The monoisotopic (exact) mass is 214 g/mol. The average Bonchev–Trinajstić information content (AvgIpc) is 3.02. The van der Waals surface area contributed by atoms with Crippen molar-refractivity contribution in [1.29, 1.82) is 0 Å². The number of hydrogen-bond acceptors (Lipinski definition) is 3. The van der Waals surface area contributed by atoms with E-state index in [1.807, 2.05) is 6.92 Å². The lowest BCUT2D eigenvalue weighted by Crippen LogP contribution is -2.43. The molecule has 1 rings (SSSR count). The van der Waals surface area contributed by atoms with E-state index >= 15 is 0 Å². The van der Waals surface area contributed by atoms with Crippen molar-refractivity contribution in [2.75, 3.05) is 26.8 Å². The van der Waals surface area contributed by atoms with Crippen molar-refractivity contribution in [1.82, 2.24) is 10.6 Å². The van der Waals surface area contributed by atoms with Gasteiger partial charge in [-0.1, -0.05) is 12.8 Å². The van der Waals surface area contributed by atoms with Crippen LogP contribution in [-0.4, -0.2) is 38.8 Å². The Bertz CT molecular complexity index is 193. The first-order valence-electron chi connectivity index (χ1n) is 5.74. The molecular weight excluding hydrogens is 192 g/mol. The van der Waals surface area contributed by atoms with Crippen molar-refractivity contribution in [2.45, 2.75) is 32.2 Å². The fourth-order valence-corrected chi connectivity index (χ4v) is 1.43. The molecule has 1 saturated carbocycles. The van der Waals surface area contributed by atoms with Gasteiger partial charge in [-0.15, -0.1) is 0 Å². The van der Waals surface area contributed by atoms with Crippen LogP contribution in [0.25, 0.3) is 0 Å². The van der Waals surface area contributed by atoms with Crippen LogP contribution < -0.4 is 10.6 Å². The van der Waals surface area contributed by atoms with Crippen LogP contribution in [0.3, 0.4) is 0 Å². The van der Waals surface area contributed by atoms with Gasteiger partial charge in [0.15, 0.2) is 0 Å². The largest absolute Gasteiger partial charge is 0.383 e. The zero-order valence-electron chi connectivity index (χ0n) is 9.71. The Balaban J connectivity index is 1.98. The molecule has 88 valence electrons. The topological polar surface area (TPSA) is 50.4 Å². The van der Waals surface area contributed by atoms with Gasteiger partial charge in [-0.25, -0.2) is 0 Å². The second kappa shape index (κ2) is 6.80. The molecule has 1 amide bonds. The summed E-state index contributed by atoms with van der Waals surface area (Å²) in [6.45, 7) is 4.00. The summed E-state index contributed by atoms with van der Waals surface area (Å²) in [6.07, 6.45) is 3.95. The second-order valence-corrected chi connectivity index (χ2v) is 4.19. The SMILES string of the molecule is COCCNC(=O)C(C)NCCC1CC1. The molecule has 1 unspecified atom stereocenters. The molecule has 0 aromatic rings. The van der Waals surface area contributed by atoms with Crippen LogP contribution in [0.4, 0.5) is 0 Å². The van der Waals surface area contributed by atoms with Crippen molar-refractivity contribution >= 4 is 5.91 Å². The van der Waals surface area contributed by atoms with Gasteiger partial charge in [0.1, 0.15) is 0 Å². The molecule has 0 radical (unpaired) electrons. The Morgan fingerprint density at radius 2 is 2.20 bits per heavy atom. The van der Waals surface area contributed by atoms with E-state index in [-0.39, 0.29) is 11.9 Å². The van der Waals surface area contributed by atoms with Gasteiger partial charge < -0.3 is 15.4 Å². The highest BCUT2D eigenvalue weighted by atomic mass is 16.5. The van der Waals surface area contributed by atoms with E-state index in [0.717, 1.165) is 12.5 Å².